The van der Waals surface area contributed by atoms with Gasteiger partial charge in [-0.3, -0.25) is 0 Å². The summed E-state index contributed by atoms with van der Waals surface area (Å²) in [6.07, 6.45) is -4.08. The topological polar surface area (TPSA) is 9.23 Å². The SMILES string of the molecule is Fc1cccc(C(F)(F)Oc2c(F)cc(S)cc2F)c1. The minimum absolute atomic E-state index is 0.0820. The zero-order chi connectivity index (χ0) is 14.9. The number of halogens is 5. The van der Waals surface area contributed by atoms with Gasteiger partial charge in [-0.15, -0.1) is 12.6 Å². The van der Waals surface area contributed by atoms with Crippen LogP contribution in [0.15, 0.2) is 41.3 Å². The highest BCUT2D eigenvalue weighted by Gasteiger charge is 2.37. The molecule has 0 atom stereocenters. The van der Waals surface area contributed by atoms with Crippen LogP contribution in [-0.2, 0) is 6.11 Å². The van der Waals surface area contributed by atoms with Crippen molar-refractivity contribution >= 4 is 12.6 Å². The summed E-state index contributed by atoms with van der Waals surface area (Å²) in [6.45, 7) is 0. The molecule has 0 saturated heterocycles. The van der Waals surface area contributed by atoms with Crippen molar-refractivity contribution in [2.75, 3.05) is 0 Å². The van der Waals surface area contributed by atoms with Gasteiger partial charge in [-0.05, 0) is 30.3 Å². The number of alkyl halides is 2. The fraction of sp³-hybridized carbons (Fsp3) is 0.0769. The second-order valence-corrected chi connectivity index (χ2v) is 4.38. The summed E-state index contributed by atoms with van der Waals surface area (Å²) in [5.74, 6) is -4.83. The Kier molecular flexibility index (Phi) is 3.89. The summed E-state index contributed by atoms with van der Waals surface area (Å²) >= 11 is 3.69. The molecule has 20 heavy (non-hydrogen) atoms. The van der Waals surface area contributed by atoms with E-state index < -0.39 is 34.9 Å². The molecule has 0 radical (unpaired) electrons. The molecule has 0 aromatic heterocycles. The standard InChI is InChI=1S/C13H7F5OS/c14-8-3-1-2-7(4-8)13(17,18)19-12-10(15)5-9(20)6-11(12)16/h1-6,20H. The summed E-state index contributed by atoms with van der Waals surface area (Å²) in [6, 6.07) is 4.84. The van der Waals surface area contributed by atoms with Gasteiger partial charge in [-0.25, -0.2) is 13.2 Å². The molecule has 0 heterocycles. The fourth-order valence-corrected chi connectivity index (χ4v) is 1.73. The van der Waals surface area contributed by atoms with E-state index in [-0.39, 0.29) is 4.90 Å². The van der Waals surface area contributed by atoms with Gasteiger partial charge in [-0.1, -0.05) is 6.07 Å². The lowest BCUT2D eigenvalue weighted by molar-refractivity contribution is -0.188. The van der Waals surface area contributed by atoms with E-state index in [1.54, 1.807) is 0 Å². The third kappa shape index (κ3) is 3.04. The zero-order valence-corrected chi connectivity index (χ0v) is 10.6. The molecule has 0 saturated carbocycles. The van der Waals surface area contributed by atoms with E-state index in [0.29, 0.717) is 6.07 Å². The fourth-order valence-electron chi connectivity index (χ4n) is 1.50. The van der Waals surface area contributed by atoms with Crippen molar-refractivity contribution in [1.82, 2.24) is 0 Å². The molecule has 2 aromatic rings. The average molecular weight is 306 g/mol. The van der Waals surface area contributed by atoms with Gasteiger partial charge < -0.3 is 4.74 Å². The summed E-state index contributed by atoms with van der Waals surface area (Å²) in [5.41, 5.74) is -0.855. The Hall–Kier alpha value is -1.76. The Morgan fingerprint density at radius 3 is 2.10 bits per heavy atom. The molecule has 0 aliphatic rings. The second-order valence-electron chi connectivity index (χ2n) is 3.87. The van der Waals surface area contributed by atoms with Crippen molar-refractivity contribution in [2.24, 2.45) is 0 Å². The quantitative estimate of drug-likeness (QED) is 0.648. The summed E-state index contributed by atoms with van der Waals surface area (Å²) in [5, 5.41) is 0. The Labute approximate surface area is 116 Å². The highest BCUT2D eigenvalue weighted by molar-refractivity contribution is 7.80. The molecule has 0 fully saturated rings. The van der Waals surface area contributed by atoms with Crippen LogP contribution in [0, 0.1) is 17.5 Å². The first-order valence-corrected chi connectivity index (χ1v) is 5.75. The normalized spacial score (nSPS) is 11.5. The van der Waals surface area contributed by atoms with Crippen molar-refractivity contribution in [3.8, 4) is 5.75 Å². The lowest BCUT2D eigenvalue weighted by atomic mass is 10.2. The predicted octanol–water partition coefficient (Wildman–Crippen LogP) is 4.52. The van der Waals surface area contributed by atoms with E-state index in [0.717, 1.165) is 30.3 Å². The van der Waals surface area contributed by atoms with E-state index in [1.165, 1.54) is 0 Å². The van der Waals surface area contributed by atoms with Gasteiger partial charge in [0.1, 0.15) is 5.82 Å². The van der Waals surface area contributed by atoms with Crippen LogP contribution in [0.4, 0.5) is 22.0 Å². The summed E-state index contributed by atoms with van der Waals surface area (Å²) in [4.78, 5) is -0.0820. The van der Waals surface area contributed by atoms with Gasteiger partial charge in [-0.2, -0.15) is 8.78 Å². The van der Waals surface area contributed by atoms with Crippen LogP contribution < -0.4 is 4.74 Å². The van der Waals surface area contributed by atoms with Crippen LogP contribution in [0.25, 0.3) is 0 Å². The number of hydrogen-bond acceptors (Lipinski definition) is 2. The average Bonchev–Trinajstić information content (AvgIpc) is 2.34. The number of benzene rings is 2. The van der Waals surface area contributed by atoms with Crippen LogP contribution in [0.2, 0.25) is 0 Å². The van der Waals surface area contributed by atoms with Crippen molar-refractivity contribution in [3.63, 3.8) is 0 Å². The molecule has 0 aliphatic heterocycles. The maximum absolute atomic E-state index is 13.7. The smallest absolute Gasteiger partial charge is 0.423 e. The minimum Gasteiger partial charge on any atom is -0.423 e. The molecule has 7 heteroatoms. The minimum atomic E-state index is -4.08. The van der Waals surface area contributed by atoms with Crippen LogP contribution in [0.3, 0.4) is 0 Å². The van der Waals surface area contributed by atoms with Crippen molar-refractivity contribution in [1.29, 1.82) is 0 Å². The highest BCUT2D eigenvalue weighted by Crippen LogP contribution is 2.35. The molecular formula is C13H7F5OS. The Bertz CT molecular complexity index is 621. The molecule has 0 aliphatic carbocycles. The Morgan fingerprint density at radius 1 is 0.950 bits per heavy atom. The summed E-state index contributed by atoms with van der Waals surface area (Å²) < 4.78 is 71.3. The molecule has 0 unspecified atom stereocenters. The maximum atomic E-state index is 13.7. The van der Waals surface area contributed by atoms with Gasteiger partial charge >= 0.3 is 6.11 Å². The Balaban J connectivity index is 2.38. The lowest BCUT2D eigenvalue weighted by Gasteiger charge is -2.19. The molecule has 0 N–H and O–H groups in total. The lowest BCUT2D eigenvalue weighted by Crippen LogP contribution is -2.23. The number of thiol groups is 1. The van der Waals surface area contributed by atoms with Gasteiger partial charge in [0, 0.05) is 4.90 Å². The molecule has 106 valence electrons. The van der Waals surface area contributed by atoms with Crippen molar-refractivity contribution in [2.45, 2.75) is 11.0 Å². The molecule has 0 amide bonds. The maximum Gasteiger partial charge on any atom is 0.427 e. The molecule has 1 nitrogen and oxygen atoms in total. The van der Waals surface area contributed by atoms with E-state index in [4.69, 9.17) is 0 Å². The number of ether oxygens (including phenoxy) is 1. The monoisotopic (exact) mass is 306 g/mol. The van der Waals surface area contributed by atoms with Crippen LogP contribution >= 0.6 is 12.6 Å². The Morgan fingerprint density at radius 2 is 1.55 bits per heavy atom. The van der Waals surface area contributed by atoms with E-state index >= 15 is 0 Å². The number of rotatable bonds is 3. The second kappa shape index (κ2) is 5.32. The zero-order valence-electron chi connectivity index (χ0n) is 9.71. The van der Waals surface area contributed by atoms with Gasteiger partial charge in [0.25, 0.3) is 0 Å². The molecule has 0 spiro atoms. The van der Waals surface area contributed by atoms with E-state index in [1.807, 2.05) is 0 Å². The molecule has 2 rings (SSSR count). The molecule has 0 bridgehead atoms. The first-order chi connectivity index (χ1) is 9.29. The largest absolute Gasteiger partial charge is 0.427 e. The molecule has 2 aromatic carbocycles. The number of hydrogen-bond donors (Lipinski definition) is 1. The van der Waals surface area contributed by atoms with E-state index in [2.05, 4.69) is 17.4 Å². The highest BCUT2D eigenvalue weighted by atomic mass is 32.1. The first kappa shape index (κ1) is 14.6. The van der Waals surface area contributed by atoms with Crippen molar-refractivity contribution < 1.29 is 26.7 Å². The van der Waals surface area contributed by atoms with E-state index in [9.17, 15) is 22.0 Å². The van der Waals surface area contributed by atoms with Crippen LogP contribution in [-0.4, -0.2) is 0 Å². The third-order valence-electron chi connectivity index (χ3n) is 2.37. The van der Waals surface area contributed by atoms with Crippen LogP contribution in [0.1, 0.15) is 5.56 Å². The van der Waals surface area contributed by atoms with Crippen molar-refractivity contribution in [3.05, 3.63) is 59.4 Å². The van der Waals surface area contributed by atoms with Crippen LogP contribution in [0.5, 0.6) is 5.75 Å². The third-order valence-corrected chi connectivity index (χ3v) is 2.63. The molecular weight excluding hydrogens is 299 g/mol. The predicted molar refractivity (Wildman–Crippen MR) is 64.5 cm³/mol. The van der Waals surface area contributed by atoms with Gasteiger partial charge in [0.2, 0.25) is 0 Å². The van der Waals surface area contributed by atoms with Gasteiger partial charge in [0.05, 0.1) is 5.56 Å². The summed E-state index contributed by atoms with van der Waals surface area (Å²) in [7, 11) is 0. The first-order valence-electron chi connectivity index (χ1n) is 5.30. The van der Waals surface area contributed by atoms with Gasteiger partial charge in [0.15, 0.2) is 17.4 Å².